The minimum atomic E-state index is -2.75. The molecule has 6 nitrogen and oxygen atoms in total. The number of rotatable bonds is 5. The molecule has 10 heteroatoms. The Labute approximate surface area is 240 Å². The van der Waals surface area contributed by atoms with Crippen LogP contribution in [0, 0.1) is 11.6 Å². The number of carbonyl (C=O) groups is 2. The number of nitrogens with one attached hydrogen (secondary N) is 1. The Morgan fingerprint density at radius 1 is 0.905 bits per heavy atom. The van der Waals surface area contributed by atoms with E-state index < -0.39 is 29.3 Å². The standard InChI is InChI=1S/C32H30F4N2O4/c1-31(2,3)42-30(40)37-18-24-15-23-14-22(16-25(28(23)41-24)21-8-9-26(33)27(34)17-21)19-4-6-20(7-5-19)29(39)38-12-10-32(35,36)11-13-38/h4-9,14-17H,10-13,18H2,1-3H3,(H,37,40). The summed E-state index contributed by atoms with van der Waals surface area (Å²) in [6, 6.07) is 15.7. The van der Waals surface area contributed by atoms with E-state index in [0.717, 1.165) is 17.7 Å². The van der Waals surface area contributed by atoms with E-state index in [9.17, 15) is 27.2 Å². The fraction of sp³-hybridized carbons (Fsp3) is 0.312. The second-order valence-corrected chi connectivity index (χ2v) is 11.4. The van der Waals surface area contributed by atoms with Gasteiger partial charge in [-0.2, -0.15) is 0 Å². The first-order chi connectivity index (χ1) is 19.8. The molecule has 5 rings (SSSR count). The molecule has 0 atom stereocenters. The molecule has 42 heavy (non-hydrogen) atoms. The van der Waals surface area contributed by atoms with E-state index in [-0.39, 0.29) is 38.4 Å². The van der Waals surface area contributed by atoms with Gasteiger partial charge in [0.1, 0.15) is 16.9 Å². The van der Waals surface area contributed by atoms with E-state index in [2.05, 4.69) is 5.32 Å². The van der Waals surface area contributed by atoms with Crippen LogP contribution >= 0.6 is 0 Å². The van der Waals surface area contributed by atoms with Gasteiger partial charge in [0.2, 0.25) is 0 Å². The van der Waals surface area contributed by atoms with Crippen molar-refractivity contribution in [2.75, 3.05) is 13.1 Å². The summed E-state index contributed by atoms with van der Waals surface area (Å²) in [7, 11) is 0. The Bertz CT molecular complexity index is 1630. The summed E-state index contributed by atoms with van der Waals surface area (Å²) in [5.74, 6) is -4.63. The van der Waals surface area contributed by atoms with E-state index in [1.54, 1.807) is 57.2 Å². The number of hydrogen-bond acceptors (Lipinski definition) is 4. The Hall–Kier alpha value is -4.34. The van der Waals surface area contributed by atoms with Gasteiger partial charge in [0.25, 0.3) is 11.8 Å². The molecule has 0 bridgehead atoms. The molecule has 0 aliphatic carbocycles. The predicted octanol–water partition coefficient (Wildman–Crippen LogP) is 7.94. The quantitative estimate of drug-likeness (QED) is 0.243. The van der Waals surface area contributed by atoms with Crippen LogP contribution in [0.4, 0.5) is 22.4 Å². The Morgan fingerprint density at radius 2 is 1.57 bits per heavy atom. The van der Waals surface area contributed by atoms with Gasteiger partial charge in [-0.15, -0.1) is 0 Å². The number of halogens is 4. The normalized spacial score (nSPS) is 15.1. The Kier molecular flexibility index (Phi) is 7.74. The van der Waals surface area contributed by atoms with Crippen molar-refractivity contribution in [1.82, 2.24) is 10.2 Å². The van der Waals surface area contributed by atoms with E-state index in [4.69, 9.17) is 9.15 Å². The molecule has 1 aliphatic heterocycles. The number of amides is 2. The zero-order chi connectivity index (χ0) is 30.2. The summed E-state index contributed by atoms with van der Waals surface area (Å²) in [5, 5.41) is 3.30. The van der Waals surface area contributed by atoms with Crippen molar-refractivity contribution >= 4 is 23.0 Å². The molecule has 1 aromatic heterocycles. The van der Waals surface area contributed by atoms with Gasteiger partial charge in [0.15, 0.2) is 11.6 Å². The number of alkyl carbamates (subject to hydrolysis) is 1. The van der Waals surface area contributed by atoms with Crippen LogP contribution in [0.15, 0.2) is 65.1 Å². The van der Waals surface area contributed by atoms with Crippen molar-refractivity contribution in [3.63, 3.8) is 0 Å². The number of likely N-dealkylation sites (tertiary alicyclic amines) is 1. The molecule has 1 saturated heterocycles. The lowest BCUT2D eigenvalue weighted by Gasteiger charge is -2.31. The lowest BCUT2D eigenvalue weighted by atomic mass is 9.96. The van der Waals surface area contributed by atoms with Crippen LogP contribution in [-0.2, 0) is 11.3 Å². The molecule has 0 saturated carbocycles. The smallest absolute Gasteiger partial charge is 0.408 e. The first-order valence-electron chi connectivity index (χ1n) is 13.5. The maximum Gasteiger partial charge on any atom is 0.408 e. The molecule has 4 aromatic rings. The molecule has 0 spiro atoms. The van der Waals surface area contributed by atoms with Crippen molar-refractivity contribution < 1.29 is 36.3 Å². The highest BCUT2D eigenvalue weighted by Gasteiger charge is 2.35. The third-order valence-electron chi connectivity index (χ3n) is 6.95. The number of nitrogens with zero attached hydrogens (tertiary/aromatic N) is 1. The van der Waals surface area contributed by atoms with Crippen LogP contribution in [0.3, 0.4) is 0 Å². The van der Waals surface area contributed by atoms with Crippen LogP contribution in [-0.4, -0.2) is 41.5 Å². The van der Waals surface area contributed by atoms with Crippen LogP contribution < -0.4 is 5.32 Å². The van der Waals surface area contributed by atoms with Gasteiger partial charge >= 0.3 is 6.09 Å². The SMILES string of the molecule is CC(C)(C)OC(=O)NCc1cc2cc(-c3ccc(C(=O)N4CCC(F)(F)CC4)cc3)cc(-c3ccc(F)c(F)c3)c2o1. The second kappa shape index (κ2) is 11.2. The first kappa shape index (κ1) is 29.2. The van der Waals surface area contributed by atoms with E-state index >= 15 is 0 Å². The van der Waals surface area contributed by atoms with Gasteiger partial charge in [0, 0.05) is 42.4 Å². The maximum absolute atomic E-state index is 14.2. The van der Waals surface area contributed by atoms with Gasteiger partial charge in [-0.3, -0.25) is 4.79 Å². The number of hydrogen-bond donors (Lipinski definition) is 1. The lowest BCUT2D eigenvalue weighted by molar-refractivity contribution is -0.0494. The summed E-state index contributed by atoms with van der Waals surface area (Å²) in [6.45, 7) is 5.28. The number of piperidine rings is 1. The van der Waals surface area contributed by atoms with Crippen molar-refractivity contribution in [1.29, 1.82) is 0 Å². The summed E-state index contributed by atoms with van der Waals surface area (Å²) < 4.78 is 66.3. The second-order valence-electron chi connectivity index (χ2n) is 11.4. The number of alkyl halides is 2. The fourth-order valence-electron chi connectivity index (χ4n) is 4.84. The summed E-state index contributed by atoms with van der Waals surface area (Å²) in [5.41, 5.74) is 2.46. The van der Waals surface area contributed by atoms with Crippen molar-refractivity contribution in [3.8, 4) is 22.3 Å². The first-order valence-corrected chi connectivity index (χ1v) is 13.5. The molecular weight excluding hydrogens is 552 g/mol. The molecule has 0 radical (unpaired) electrons. The number of fused-ring (bicyclic) bond motifs is 1. The zero-order valence-corrected chi connectivity index (χ0v) is 23.4. The zero-order valence-electron chi connectivity index (χ0n) is 23.4. The third-order valence-corrected chi connectivity index (χ3v) is 6.95. The fourth-order valence-corrected chi connectivity index (χ4v) is 4.84. The van der Waals surface area contributed by atoms with Crippen LogP contribution in [0.1, 0.15) is 49.7 Å². The Balaban J connectivity index is 1.46. The van der Waals surface area contributed by atoms with Crippen LogP contribution in [0.25, 0.3) is 33.2 Å². The van der Waals surface area contributed by atoms with Crippen LogP contribution in [0.5, 0.6) is 0 Å². The third kappa shape index (κ3) is 6.58. The highest BCUT2D eigenvalue weighted by molar-refractivity contribution is 5.98. The number of ether oxygens (including phenoxy) is 1. The molecule has 0 unspecified atom stereocenters. The van der Waals surface area contributed by atoms with Crippen molar-refractivity contribution in [2.24, 2.45) is 0 Å². The maximum atomic E-state index is 14.2. The van der Waals surface area contributed by atoms with Gasteiger partial charge in [-0.05, 0) is 79.9 Å². The average Bonchev–Trinajstić information content (AvgIpc) is 3.35. The topological polar surface area (TPSA) is 71.8 Å². The van der Waals surface area contributed by atoms with Gasteiger partial charge < -0.3 is 19.4 Å². The molecule has 1 N–H and O–H groups in total. The minimum Gasteiger partial charge on any atom is -0.459 e. The van der Waals surface area contributed by atoms with Gasteiger partial charge in [0.05, 0.1) is 6.54 Å². The monoisotopic (exact) mass is 582 g/mol. The van der Waals surface area contributed by atoms with Crippen molar-refractivity contribution in [2.45, 2.75) is 51.7 Å². The average molecular weight is 583 g/mol. The van der Waals surface area contributed by atoms with E-state index in [1.165, 1.54) is 11.0 Å². The van der Waals surface area contributed by atoms with Gasteiger partial charge in [-0.25, -0.2) is 22.4 Å². The number of furan rings is 1. The summed E-state index contributed by atoms with van der Waals surface area (Å²) in [6.07, 6.45) is -1.33. The molecule has 2 amide bonds. The van der Waals surface area contributed by atoms with Crippen molar-refractivity contribution in [3.05, 3.63) is 83.6 Å². The molecule has 2 heterocycles. The van der Waals surface area contributed by atoms with Gasteiger partial charge in [-0.1, -0.05) is 18.2 Å². The highest BCUT2D eigenvalue weighted by Crippen LogP contribution is 2.37. The highest BCUT2D eigenvalue weighted by atomic mass is 19.3. The van der Waals surface area contributed by atoms with E-state index in [1.807, 2.05) is 6.07 Å². The number of carbonyl (C=O) groups excluding carboxylic acids is 2. The molecule has 220 valence electrons. The molecular formula is C32H30F4N2O4. The van der Waals surface area contributed by atoms with E-state index in [0.29, 0.717) is 39.0 Å². The Morgan fingerprint density at radius 3 is 2.21 bits per heavy atom. The molecule has 3 aromatic carbocycles. The number of benzene rings is 3. The largest absolute Gasteiger partial charge is 0.459 e. The molecule has 1 aliphatic rings. The van der Waals surface area contributed by atoms with Crippen LogP contribution in [0.2, 0.25) is 0 Å². The molecule has 1 fully saturated rings. The summed E-state index contributed by atoms with van der Waals surface area (Å²) in [4.78, 5) is 26.4. The predicted molar refractivity (Wildman–Crippen MR) is 150 cm³/mol. The minimum absolute atomic E-state index is 0.00650. The summed E-state index contributed by atoms with van der Waals surface area (Å²) >= 11 is 0. The lowest BCUT2D eigenvalue weighted by Crippen LogP contribution is -2.42.